The lowest BCUT2D eigenvalue weighted by Crippen LogP contribution is -2.32. The number of aromatic nitrogens is 1. The first kappa shape index (κ1) is 24.5. The van der Waals surface area contributed by atoms with Gasteiger partial charge in [0.25, 0.3) is 0 Å². The summed E-state index contributed by atoms with van der Waals surface area (Å²) in [7, 11) is 0. The number of thiazole rings is 1. The van der Waals surface area contributed by atoms with Crippen molar-refractivity contribution in [2.75, 3.05) is 4.90 Å². The second-order valence-electron chi connectivity index (χ2n) is 8.72. The number of nitrogens with one attached hydrogen (secondary N) is 1. The normalized spacial score (nSPS) is 20.6. The van der Waals surface area contributed by atoms with Gasteiger partial charge in [-0.1, -0.05) is 74.9 Å². The molecule has 0 spiro atoms. The minimum atomic E-state index is -0.625. The van der Waals surface area contributed by atoms with Crippen LogP contribution in [0.4, 0.5) is 5.69 Å². The predicted octanol–water partition coefficient (Wildman–Crippen LogP) is 6.23. The van der Waals surface area contributed by atoms with Crippen molar-refractivity contribution in [1.29, 1.82) is 0 Å². The van der Waals surface area contributed by atoms with Gasteiger partial charge >= 0.3 is 4.87 Å². The number of thioether (sulfide) groups is 1. The Hall–Kier alpha value is -2.85. The Labute approximate surface area is 233 Å². The maximum absolute atomic E-state index is 13.7. The van der Waals surface area contributed by atoms with E-state index < -0.39 is 17.1 Å². The van der Waals surface area contributed by atoms with Gasteiger partial charge in [0, 0.05) is 20.3 Å². The molecule has 2 aliphatic heterocycles. The lowest BCUT2D eigenvalue weighted by Gasteiger charge is -2.29. The quantitative estimate of drug-likeness (QED) is 0.270. The standard InChI is InChI=1S/C27H18BrClN2O4S2/c28-16-5-9-18(10-6-16)31-25(32)21-20(22-24(30-27(34)37-22)36-23(21)26(31)33)15-3-11-19(12-4-15)35-13-14-1-7-17(29)8-2-14/h1-12,20-21,23H,13H2,(H,30,34)/t20-,21?,23?/m1/s1. The number of benzene rings is 3. The summed E-state index contributed by atoms with van der Waals surface area (Å²) < 4.78 is 6.78. The molecule has 6 nitrogen and oxygen atoms in total. The summed E-state index contributed by atoms with van der Waals surface area (Å²) in [6.45, 7) is 0.389. The largest absolute Gasteiger partial charge is 0.489 e. The van der Waals surface area contributed by atoms with E-state index in [1.165, 1.54) is 16.7 Å². The topological polar surface area (TPSA) is 79.5 Å². The SMILES string of the molecule is O=C1C2Sc3[nH]c(=O)sc3[C@H](c3ccc(OCc4ccc(Cl)cc4)cc3)C2C(=O)N1c1ccc(Br)cc1. The monoisotopic (exact) mass is 612 g/mol. The molecule has 4 aromatic rings. The number of carbonyl (C=O) groups excluding carboxylic acids is 2. The van der Waals surface area contributed by atoms with Gasteiger partial charge in [-0.3, -0.25) is 14.4 Å². The van der Waals surface area contributed by atoms with Crippen molar-refractivity contribution in [2.24, 2.45) is 5.92 Å². The number of imide groups is 1. The Morgan fingerprint density at radius 2 is 1.62 bits per heavy atom. The summed E-state index contributed by atoms with van der Waals surface area (Å²) in [6.07, 6.45) is 0. The van der Waals surface area contributed by atoms with E-state index in [0.29, 0.717) is 28.1 Å². The molecule has 6 rings (SSSR count). The number of aromatic amines is 1. The van der Waals surface area contributed by atoms with Gasteiger partial charge < -0.3 is 9.72 Å². The average Bonchev–Trinajstić information content (AvgIpc) is 3.39. The highest BCUT2D eigenvalue weighted by atomic mass is 79.9. The van der Waals surface area contributed by atoms with Crippen molar-refractivity contribution >= 4 is 68.1 Å². The first-order chi connectivity index (χ1) is 17.9. The molecule has 0 aliphatic carbocycles. The molecule has 1 saturated heterocycles. The van der Waals surface area contributed by atoms with E-state index in [0.717, 1.165) is 31.8 Å². The lowest BCUT2D eigenvalue weighted by atomic mass is 9.83. The molecular formula is C27H18BrClN2O4S2. The van der Waals surface area contributed by atoms with E-state index in [2.05, 4.69) is 20.9 Å². The summed E-state index contributed by atoms with van der Waals surface area (Å²) in [6, 6.07) is 22.1. The highest BCUT2D eigenvalue weighted by Crippen LogP contribution is 2.53. The van der Waals surface area contributed by atoms with E-state index in [1.54, 1.807) is 24.3 Å². The molecule has 2 aliphatic rings. The smallest absolute Gasteiger partial charge is 0.305 e. The van der Waals surface area contributed by atoms with Gasteiger partial charge in [-0.25, -0.2) is 4.90 Å². The number of hydrogen-bond donors (Lipinski definition) is 1. The van der Waals surface area contributed by atoms with Crippen LogP contribution in [0, 0.1) is 5.92 Å². The number of rotatable bonds is 5. The molecule has 37 heavy (non-hydrogen) atoms. The molecule has 2 unspecified atom stereocenters. The van der Waals surface area contributed by atoms with E-state index >= 15 is 0 Å². The second kappa shape index (κ2) is 9.79. The molecule has 186 valence electrons. The number of nitrogens with zero attached hydrogens (tertiary/aromatic N) is 1. The Kier molecular flexibility index (Phi) is 6.48. The van der Waals surface area contributed by atoms with Crippen LogP contribution in [-0.4, -0.2) is 22.0 Å². The van der Waals surface area contributed by atoms with Crippen molar-refractivity contribution in [3.63, 3.8) is 0 Å². The van der Waals surface area contributed by atoms with Gasteiger partial charge in [0.15, 0.2) is 0 Å². The highest BCUT2D eigenvalue weighted by molar-refractivity contribution is 9.10. The molecule has 3 heterocycles. The number of anilines is 1. The molecule has 3 aromatic carbocycles. The number of ether oxygens (including phenoxy) is 1. The molecule has 2 amide bonds. The number of amides is 2. The summed E-state index contributed by atoms with van der Waals surface area (Å²) in [4.78, 5) is 44.2. The van der Waals surface area contributed by atoms with E-state index in [4.69, 9.17) is 16.3 Å². The van der Waals surface area contributed by atoms with Crippen LogP contribution in [0.1, 0.15) is 21.9 Å². The van der Waals surface area contributed by atoms with Crippen molar-refractivity contribution in [3.8, 4) is 5.75 Å². The molecule has 1 N–H and O–H groups in total. The zero-order chi connectivity index (χ0) is 25.7. The molecule has 0 saturated carbocycles. The van der Waals surface area contributed by atoms with Crippen LogP contribution < -0.4 is 14.5 Å². The van der Waals surface area contributed by atoms with Crippen LogP contribution in [0.5, 0.6) is 5.75 Å². The van der Waals surface area contributed by atoms with Crippen LogP contribution in [0.2, 0.25) is 5.02 Å². The van der Waals surface area contributed by atoms with E-state index in [1.807, 2.05) is 48.5 Å². The zero-order valence-corrected chi connectivity index (χ0v) is 23.0. The molecule has 0 radical (unpaired) electrons. The van der Waals surface area contributed by atoms with E-state index in [-0.39, 0.29) is 16.7 Å². The van der Waals surface area contributed by atoms with E-state index in [9.17, 15) is 14.4 Å². The number of halogens is 2. The third-order valence-electron chi connectivity index (χ3n) is 6.47. The Balaban J connectivity index is 1.32. The number of H-pyrrole nitrogens is 1. The number of carbonyl (C=O) groups is 2. The fourth-order valence-corrected chi connectivity index (χ4v) is 7.65. The predicted molar refractivity (Wildman–Crippen MR) is 149 cm³/mol. The summed E-state index contributed by atoms with van der Waals surface area (Å²) in [5, 5.41) is 0.699. The molecule has 0 bridgehead atoms. The van der Waals surface area contributed by atoms with Gasteiger partial charge in [0.1, 0.15) is 17.6 Å². The Morgan fingerprint density at radius 3 is 2.32 bits per heavy atom. The first-order valence-corrected chi connectivity index (χ1v) is 14.3. The second-order valence-corrected chi connectivity index (χ2v) is 12.2. The minimum absolute atomic E-state index is 0.199. The highest BCUT2D eigenvalue weighted by Gasteiger charge is 2.56. The fraction of sp³-hybridized carbons (Fsp3) is 0.148. The van der Waals surface area contributed by atoms with Gasteiger partial charge in [-0.05, 0) is 59.7 Å². The molecular weight excluding hydrogens is 596 g/mol. The van der Waals surface area contributed by atoms with Crippen molar-refractivity contribution in [1.82, 2.24) is 4.98 Å². The summed E-state index contributed by atoms with van der Waals surface area (Å²) >= 11 is 11.7. The van der Waals surface area contributed by atoms with Crippen molar-refractivity contribution < 1.29 is 14.3 Å². The average molecular weight is 614 g/mol. The van der Waals surface area contributed by atoms with Gasteiger partial charge in [-0.15, -0.1) is 0 Å². The minimum Gasteiger partial charge on any atom is -0.489 e. The summed E-state index contributed by atoms with van der Waals surface area (Å²) in [5.74, 6) is -0.904. The summed E-state index contributed by atoms with van der Waals surface area (Å²) in [5.41, 5.74) is 2.38. The van der Waals surface area contributed by atoms with Crippen LogP contribution in [0.25, 0.3) is 0 Å². The zero-order valence-electron chi connectivity index (χ0n) is 19.0. The van der Waals surface area contributed by atoms with Crippen molar-refractivity contribution in [2.45, 2.75) is 22.8 Å². The number of hydrogen-bond acceptors (Lipinski definition) is 6. The van der Waals surface area contributed by atoms with Crippen molar-refractivity contribution in [3.05, 3.63) is 108 Å². The van der Waals surface area contributed by atoms with Gasteiger partial charge in [-0.2, -0.15) is 0 Å². The van der Waals surface area contributed by atoms with Gasteiger partial charge in [0.2, 0.25) is 11.8 Å². The molecule has 3 atom stereocenters. The molecule has 1 aromatic heterocycles. The fourth-order valence-electron chi connectivity index (χ4n) is 4.74. The Morgan fingerprint density at radius 1 is 0.919 bits per heavy atom. The third-order valence-corrected chi connectivity index (χ3v) is 9.65. The first-order valence-electron chi connectivity index (χ1n) is 11.4. The maximum Gasteiger partial charge on any atom is 0.305 e. The van der Waals surface area contributed by atoms with Gasteiger partial charge in [0.05, 0.1) is 16.6 Å². The van der Waals surface area contributed by atoms with Crippen LogP contribution in [0.15, 0.2) is 87.1 Å². The van der Waals surface area contributed by atoms with Crippen LogP contribution in [-0.2, 0) is 16.2 Å². The maximum atomic E-state index is 13.7. The Bertz CT molecular complexity index is 1550. The molecule has 1 fully saturated rings. The van der Waals surface area contributed by atoms with Crippen LogP contribution >= 0.6 is 50.6 Å². The third kappa shape index (κ3) is 4.54. The molecule has 10 heteroatoms. The lowest BCUT2D eigenvalue weighted by molar-refractivity contribution is -0.122. The number of fused-ring (bicyclic) bond motifs is 2. The van der Waals surface area contributed by atoms with Crippen LogP contribution in [0.3, 0.4) is 0 Å².